The summed E-state index contributed by atoms with van der Waals surface area (Å²) < 4.78 is 0. The predicted molar refractivity (Wildman–Crippen MR) is 78.6 cm³/mol. The third kappa shape index (κ3) is 5.23. The van der Waals surface area contributed by atoms with Crippen molar-refractivity contribution in [3.63, 3.8) is 0 Å². The van der Waals surface area contributed by atoms with Gasteiger partial charge in [-0.1, -0.05) is 32.3 Å². The summed E-state index contributed by atoms with van der Waals surface area (Å²) in [6.07, 6.45) is 8.61. The third-order valence-corrected chi connectivity index (χ3v) is 3.98. The molecule has 0 spiro atoms. The third-order valence-electron chi connectivity index (χ3n) is 3.98. The molecule has 5 nitrogen and oxygen atoms in total. The van der Waals surface area contributed by atoms with Crippen LogP contribution in [-0.2, 0) is 4.79 Å². The van der Waals surface area contributed by atoms with Gasteiger partial charge in [0.1, 0.15) is 6.04 Å². The van der Waals surface area contributed by atoms with Crippen LogP contribution in [0.5, 0.6) is 0 Å². The number of carboxylic acid groups (broad SMARTS) is 1. The van der Waals surface area contributed by atoms with Crippen LogP contribution in [0.25, 0.3) is 0 Å². The van der Waals surface area contributed by atoms with E-state index in [0.717, 1.165) is 19.3 Å². The summed E-state index contributed by atoms with van der Waals surface area (Å²) in [5.41, 5.74) is 0. The summed E-state index contributed by atoms with van der Waals surface area (Å²) in [4.78, 5) is 22.9. The second-order valence-corrected chi connectivity index (χ2v) is 5.45. The Balaban J connectivity index is 2.48. The molecule has 1 saturated carbocycles. The maximum atomic E-state index is 11.9. The van der Waals surface area contributed by atoms with Crippen LogP contribution >= 0.6 is 0 Å². The molecule has 20 heavy (non-hydrogen) atoms. The average Bonchev–Trinajstić information content (AvgIpc) is 2.45. The molecule has 0 radical (unpaired) electrons. The molecule has 0 aromatic rings. The van der Waals surface area contributed by atoms with Gasteiger partial charge in [0.25, 0.3) is 0 Å². The Bertz CT molecular complexity index is 338. The molecule has 3 N–H and O–H groups in total. The summed E-state index contributed by atoms with van der Waals surface area (Å²) in [5.74, 6) is -0.520. The minimum atomic E-state index is -1.04. The highest BCUT2D eigenvalue weighted by Crippen LogP contribution is 2.27. The van der Waals surface area contributed by atoms with Gasteiger partial charge < -0.3 is 15.7 Å². The van der Waals surface area contributed by atoms with Crippen molar-refractivity contribution in [2.45, 2.75) is 64.0 Å². The number of hydrogen-bond acceptors (Lipinski definition) is 2. The van der Waals surface area contributed by atoms with Crippen molar-refractivity contribution in [1.29, 1.82) is 0 Å². The molecule has 2 amide bonds. The van der Waals surface area contributed by atoms with E-state index in [0.29, 0.717) is 5.92 Å². The van der Waals surface area contributed by atoms with Gasteiger partial charge in [0.05, 0.1) is 0 Å². The van der Waals surface area contributed by atoms with Crippen LogP contribution in [0, 0.1) is 5.92 Å². The lowest BCUT2D eigenvalue weighted by Crippen LogP contribution is -2.50. The Hall–Kier alpha value is -1.52. The lowest BCUT2D eigenvalue weighted by molar-refractivity contribution is -0.139. The summed E-state index contributed by atoms with van der Waals surface area (Å²) in [6.45, 7) is 5.56. The van der Waals surface area contributed by atoms with E-state index in [2.05, 4.69) is 24.1 Å². The molecule has 2 atom stereocenters. The number of rotatable bonds is 7. The van der Waals surface area contributed by atoms with Crippen LogP contribution in [-0.4, -0.2) is 29.2 Å². The van der Waals surface area contributed by atoms with Gasteiger partial charge in [-0.2, -0.15) is 0 Å². The van der Waals surface area contributed by atoms with Gasteiger partial charge in [-0.15, -0.1) is 6.58 Å². The number of carbonyl (C=O) groups is 2. The molecule has 0 heterocycles. The van der Waals surface area contributed by atoms with Crippen LogP contribution in [0.3, 0.4) is 0 Å². The topological polar surface area (TPSA) is 78.4 Å². The summed E-state index contributed by atoms with van der Waals surface area (Å²) >= 11 is 0. The van der Waals surface area contributed by atoms with Crippen molar-refractivity contribution < 1.29 is 14.7 Å². The average molecular weight is 282 g/mol. The van der Waals surface area contributed by atoms with Crippen molar-refractivity contribution in [3.8, 4) is 0 Å². The molecule has 0 bridgehead atoms. The van der Waals surface area contributed by atoms with Crippen LogP contribution in [0.15, 0.2) is 12.7 Å². The van der Waals surface area contributed by atoms with E-state index in [4.69, 9.17) is 5.11 Å². The highest BCUT2D eigenvalue weighted by atomic mass is 16.4. The first kappa shape index (κ1) is 16.5. The van der Waals surface area contributed by atoms with Gasteiger partial charge in [-0.3, -0.25) is 0 Å². The van der Waals surface area contributed by atoms with Crippen LogP contribution < -0.4 is 10.6 Å². The fraction of sp³-hybridized carbons (Fsp3) is 0.733. The highest BCUT2D eigenvalue weighted by Gasteiger charge is 2.25. The monoisotopic (exact) mass is 282 g/mol. The number of urea groups is 1. The van der Waals surface area contributed by atoms with E-state index >= 15 is 0 Å². The molecule has 0 aromatic heterocycles. The minimum absolute atomic E-state index is 0.133. The van der Waals surface area contributed by atoms with Crippen LogP contribution in [0.1, 0.15) is 51.9 Å². The molecule has 0 saturated heterocycles. The van der Waals surface area contributed by atoms with Gasteiger partial charge in [0.15, 0.2) is 0 Å². The maximum absolute atomic E-state index is 11.9. The Morgan fingerprint density at radius 3 is 2.45 bits per heavy atom. The molecule has 0 aromatic carbocycles. The minimum Gasteiger partial charge on any atom is -0.480 e. The molecule has 114 valence electrons. The molecule has 1 rings (SSSR count). The van der Waals surface area contributed by atoms with E-state index in [1.54, 1.807) is 0 Å². The maximum Gasteiger partial charge on any atom is 0.326 e. The van der Waals surface area contributed by atoms with E-state index < -0.39 is 18.0 Å². The molecule has 1 fully saturated rings. The smallest absolute Gasteiger partial charge is 0.326 e. The van der Waals surface area contributed by atoms with Crippen molar-refractivity contribution in [2.24, 2.45) is 5.92 Å². The molecule has 1 aliphatic rings. The fourth-order valence-corrected chi connectivity index (χ4v) is 2.85. The first-order valence-corrected chi connectivity index (χ1v) is 7.49. The largest absolute Gasteiger partial charge is 0.480 e. The van der Waals surface area contributed by atoms with Gasteiger partial charge in [-0.05, 0) is 31.6 Å². The van der Waals surface area contributed by atoms with Gasteiger partial charge in [0, 0.05) is 6.04 Å². The van der Waals surface area contributed by atoms with E-state index in [9.17, 15) is 9.59 Å². The SMILES string of the molecule is C=CCC(NC(=O)NC(CC)C1CCCCC1)C(=O)O. The van der Waals surface area contributed by atoms with Crippen LogP contribution in [0.2, 0.25) is 0 Å². The summed E-state index contributed by atoms with van der Waals surface area (Å²) in [5, 5.41) is 14.4. The normalized spacial score (nSPS) is 18.9. The predicted octanol–water partition coefficient (Wildman–Crippen LogP) is 2.67. The van der Waals surface area contributed by atoms with E-state index in [-0.39, 0.29) is 12.5 Å². The molecule has 2 unspecified atom stereocenters. The zero-order valence-electron chi connectivity index (χ0n) is 12.2. The number of carboxylic acids is 1. The van der Waals surface area contributed by atoms with Gasteiger partial charge >= 0.3 is 12.0 Å². The summed E-state index contributed by atoms with van der Waals surface area (Å²) in [7, 11) is 0. The molecular formula is C15H26N2O3. The lowest BCUT2D eigenvalue weighted by atomic mass is 9.83. The van der Waals surface area contributed by atoms with Crippen molar-refractivity contribution >= 4 is 12.0 Å². The lowest BCUT2D eigenvalue weighted by Gasteiger charge is -2.30. The second-order valence-electron chi connectivity index (χ2n) is 5.45. The molecule has 1 aliphatic carbocycles. The first-order chi connectivity index (χ1) is 9.58. The quantitative estimate of drug-likeness (QED) is 0.628. The second kappa shape index (κ2) is 8.61. The Morgan fingerprint density at radius 2 is 1.95 bits per heavy atom. The van der Waals surface area contributed by atoms with E-state index in [1.807, 2.05) is 0 Å². The number of aliphatic carboxylic acids is 1. The van der Waals surface area contributed by atoms with Crippen LogP contribution in [0.4, 0.5) is 4.79 Å². The molecule has 0 aliphatic heterocycles. The van der Waals surface area contributed by atoms with Crippen molar-refractivity contribution in [1.82, 2.24) is 10.6 Å². The standard InChI is InChI=1S/C15H26N2O3/c1-3-8-13(14(18)19)17-15(20)16-12(4-2)11-9-6-5-7-10-11/h3,11-13H,1,4-10H2,2H3,(H,18,19)(H2,16,17,20). The highest BCUT2D eigenvalue weighted by molar-refractivity contribution is 5.82. The first-order valence-electron chi connectivity index (χ1n) is 7.49. The fourth-order valence-electron chi connectivity index (χ4n) is 2.85. The zero-order chi connectivity index (χ0) is 15.0. The molecular weight excluding hydrogens is 256 g/mol. The van der Waals surface area contributed by atoms with Gasteiger partial charge in [-0.25, -0.2) is 9.59 Å². The van der Waals surface area contributed by atoms with Gasteiger partial charge in [0.2, 0.25) is 0 Å². The Kier molecular flexibility index (Phi) is 7.12. The number of carbonyl (C=O) groups excluding carboxylic acids is 1. The van der Waals surface area contributed by atoms with Crippen molar-refractivity contribution in [2.75, 3.05) is 0 Å². The number of hydrogen-bond donors (Lipinski definition) is 3. The number of nitrogens with one attached hydrogen (secondary N) is 2. The number of amides is 2. The molecule has 5 heteroatoms. The summed E-state index contributed by atoms with van der Waals surface area (Å²) in [6, 6.07) is -1.17. The Labute approximate surface area is 120 Å². The Morgan fingerprint density at radius 1 is 1.30 bits per heavy atom. The van der Waals surface area contributed by atoms with E-state index in [1.165, 1.54) is 25.3 Å². The zero-order valence-corrected chi connectivity index (χ0v) is 12.2. The van der Waals surface area contributed by atoms with Crippen molar-refractivity contribution in [3.05, 3.63) is 12.7 Å².